The number of benzene rings is 1. The van der Waals surface area contributed by atoms with Crippen molar-refractivity contribution in [3.05, 3.63) is 58.8 Å². The van der Waals surface area contributed by atoms with Crippen molar-refractivity contribution in [1.29, 1.82) is 0 Å². The maximum atomic E-state index is 3.66. The van der Waals surface area contributed by atoms with Crippen LogP contribution < -0.4 is 5.32 Å². The lowest BCUT2D eigenvalue weighted by molar-refractivity contribution is 0.166. The van der Waals surface area contributed by atoms with Crippen molar-refractivity contribution >= 4 is 0 Å². The highest BCUT2D eigenvalue weighted by Crippen LogP contribution is 2.37. The van der Waals surface area contributed by atoms with Gasteiger partial charge in [-0.15, -0.1) is 0 Å². The Balaban J connectivity index is 1.65. The number of allylic oxidation sites excluding steroid dienone is 2. The van der Waals surface area contributed by atoms with Gasteiger partial charge in [0.05, 0.1) is 6.04 Å². The topological polar surface area (TPSA) is 18.3 Å². The molecule has 4 unspecified atom stereocenters. The van der Waals surface area contributed by atoms with Crippen LogP contribution in [0, 0.1) is 6.92 Å². The third-order valence-electron chi connectivity index (χ3n) is 5.65. The van der Waals surface area contributed by atoms with Gasteiger partial charge in [0.1, 0.15) is 0 Å². The molecule has 2 fully saturated rings. The van der Waals surface area contributed by atoms with Crippen LogP contribution in [0.3, 0.4) is 0 Å². The molecule has 0 saturated carbocycles. The molecule has 2 saturated heterocycles. The van der Waals surface area contributed by atoms with Crippen molar-refractivity contribution < 1.29 is 0 Å². The average Bonchev–Trinajstić information content (AvgIpc) is 3.21. The molecule has 3 nitrogen and oxygen atoms in total. The lowest BCUT2D eigenvalue weighted by Crippen LogP contribution is -2.43. The Kier molecular flexibility index (Phi) is 3.78. The predicted octanol–water partition coefficient (Wildman–Crippen LogP) is 2.86. The molecule has 0 aromatic heterocycles. The summed E-state index contributed by atoms with van der Waals surface area (Å²) in [7, 11) is 0. The van der Waals surface area contributed by atoms with Crippen LogP contribution in [0.5, 0.6) is 0 Å². The minimum atomic E-state index is 0.356. The Hall–Kier alpha value is -1.58. The smallest absolute Gasteiger partial charge is 0.0751 e. The van der Waals surface area contributed by atoms with Crippen LogP contribution >= 0.6 is 0 Å². The Morgan fingerprint density at radius 1 is 1.09 bits per heavy atom. The largest absolute Gasteiger partial charge is 0.383 e. The van der Waals surface area contributed by atoms with Crippen molar-refractivity contribution in [1.82, 2.24) is 15.1 Å². The lowest BCUT2D eigenvalue weighted by Gasteiger charge is -2.37. The third kappa shape index (κ3) is 2.84. The van der Waals surface area contributed by atoms with Crippen LogP contribution in [0.25, 0.3) is 0 Å². The van der Waals surface area contributed by atoms with Gasteiger partial charge in [-0.2, -0.15) is 0 Å². The molecule has 1 aromatic carbocycles. The summed E-state index contributed by atoms with van der Waals surface area (Å²) in [5.41, 5.74) is 5.48. The van der Waals surface area contributed by atoms with E-state index in [0.717, 1.165) is 25.2 Å². The van der Waals surface area contributed by atoms with Crippen LogP contribution in [0.1, 0.15) is 31.0 Å². The second kappa shape index (κ2) is 5.81. The Morgan fingerprint density at radius 3 is 2.52 bits per heavy atom. The standard InChI is InChI=1S/C20H27N3/c1-14-4-7-17(8-5-14)20(18-9-6-15(2)12-21-18)22-10-11-23-16(3)19(23)13-22/h4-9,16,19-21H,10-13H2,1-3H3. The minimum absolute atomic E-state index is 0.356. The van der Waals surface area contributed by atoms with Crippen LogP contribution in [0.4, 0.5) is 0 Å². The molecule has 1 N–H and O–H groups in total. The normalized spacial score (nSPS) is 31.5. The van der Waals surface area contributed by atoms with E-state index in [4.69, 9.17) is 0 Å². The van der Waals surface area contributed by atoms with Gasteiger partial charge in [-0.25, -0.2) is 0 Å². The number of rotatable bonds is 3. The van der Waals surface area contributed by atoms with Crippen molar-refractivity contribution in [3.8, 4) is 0 Å². The summed E-state index contributed by atoms with van der Waals surface area (Å²) in [5, 5.41) is 3.66. The molecule has 3 aliphatic rings. The maximum Gasteiger partial charge on any atom is 0.0751 e. The van der Waals surface area contributed by atoms with E-state index in [2.05, 4.69) is 72.3 Å². The van der Waals surface area contributed by atoms with Crippen LogP contribution in [-0.2, 0) is 0 Å². The van der Waals surface area contributed by atoms with Gasteiger partial charge in [-0.05, 0) is 32.4 Å². The van der Waals surface area contributed by atoms with Crippen molar-refractivity contribution in [2.45, 2.75) is 38.9 Å². The molecule has 4 atom stereocenters. The highest BCUT2D eigenvalue weighted by molar-refractivity contribution is 5.35. The van der Waals surface area contributed by atoms with E-state index in [1.165, 1.54) is 35.5 Å². The molecule has 0 aliphatic carbocycles. The second-order valence-electron chi connectivity index (χ2n) is 7.34. The van der Waals surface area contributed by atoms with Gasteiger partial charge in [0, 0.05) is 44.0 Å². The summed E-state index contributed by atoms with van der Waals surface area (Å²) in [4.78, 5) is 5.29. The summed E-state index contributed by atoms with van der Waals surface area (Å²) in [5.74, 6) is 0. The van der Waals surface area contributed by atoms with E-state index in [0.29, 0.717) is 6.04 Å². The SMILES string of the molecule is CC1=CC=C(C(c2ccc(C)cc2)N2CCN3C(C)C3C2)NC1. The quantitative estimate of drug-likeness (QED) is 0.866. The third-order valence-corrected chi connectivity index (χ3v) is 5.65. The van der Waals surface area contributed by atoms with E-state index < -0.39 is 0 Å². The first-order chi connectivity index (χ1) is 11.1. The summed E-state index contributed by atoms with van der Waals surface area (Å²) in [6.07, 6.45) is 4.55. The summed E-state index contributed by atoms with van der Waals surface area (Å²) < 4.78 is 0. The number of aryl methyl sites for hydroxylation is 1. The van der Waals surface area contributed by atoms with Gasteiger partial charge in [0.25, 0.3) is 0 Å². The summed E-state index contributed by atoms with van der Waals surface area (Å²) in [6, 6.07) is 11.0. The van der Waals surface area contributed by atoms with Crippen LogP contribution in [0.2, 0.25) is 0 Å². The molecule has 0 radical (unpaired) electrons. The molecule has 4 rings (SSSR count). The molecule has 3 heterocycles. The van der Waals surface area contributed by atoms with Crippen molar-refractivity contribution in [3.63, 3.8) is 0 Å². The highest BCUT2D eigenvalue weighted by atomic mass is 15.4. The monoisotopic (exact) mass is 309 g/mol. The van der Waals surface area contributed by atoms with Crippen molar-refractivity contribution in [2.24, 2.45) is 0 Å². The summed E-state index contributed by atoms with van der Waals surface area (Å²) in [6.45, 7) is 11.2. The van der Waals surface area contributed by atoms with Gasteiger partial charge in [0.2, 0.25) is 0 Å². The van der Waals surface area contributed by atoms with Crippen LogP contribution in [0.15, 0.2) is 47.7 Å². The Morgan fingerprint density at radius 2 is 1.87 bits per heavy atom. The van der Waals surface area contributed by atoms with Crippen molar-refractivity contribution in [2.75, 3.05) is 26.2 Å². The fourth-order valence-corrected chi connectivity index (χ4v) is 4.03. The van der Waals surface area contributed by atoms with Crippen LogP contribution in [-0.4, -0.2) is 48.1 Å². The number of hydrogen-bond acceptors (Lipinski definition) is 3. The predicted molar refractivity (Wildman–Crippen MR) is 95.3 cm³/mol. The average molecular weight is 309 g/mol. The molecule has 122 valence electrons. The number of dihydropyridines is 1. The van der Waals surface area contributed by atoms with Gasteiger partial charge in [-0.3, -0.25) is 9.80 Å². The highest BCUT2D eigenvalue weighted by Gasteiger charge is 2.48. The Bertz CT molecular complexity index is 643. The molecule has 0 bridgehead atoms. The van der Waals surface area contributed by atoms with E-state index in [1.807, 2.05) is 0 Å². The first-order valence-electron chi connectivity index (χ1n) is 8.81. The molecule has 23 heavy (non-hydrogen) atoms. The van der Waals surface area contributed by atoms with Gasteiger partial charge in [-0.1, -0.05) is 41.5 Å². The molecule has 3 aliphatic heterocycles. The second-order valence-corrected chi connectivity index (χ2v) is 7.34. The van der Waals surface area contributed by atoms with Gasteiger partial charge in [0.15, 0.2) is 0 Å². The number of fused-ring (bicyclic) bond motifs is 1. The van der Waals surface area contributed by atoms with Gasteiger partial charge < -0.3 is 5.32 Å². The van der Waals surface area contributed by atoms with E-state index in [9.17, 15) is 0 Å². The minimum Gasteiger partial charge on any atom is -0.383 e. The molecular weight excluding hydrogens is 282 g/mol. The zero-order chi connectivity index (χ0) is 16.0. The molecule has 3 heteroatoms. The number of hydrogen-bond donors (Lipinski definition) is 1. The maximum absolute atomic E-state index is 3.66. The molecular formula is C20H27N3. The number of nitrogens with zero attached hydrogens (tertiary/aromatic N) is 2. The zero-order valence-corrected chi connectivity index (χ0v) is 14.4. The van der Waals surface area contributed by atoms with Gasteiger partial charge >= 0.3 is 0 Å². The molecule has 0 amide bonds. The first-order valence-corrected chi connectivity index (χ1v) is 8.81. The molecule has 1 aromatic rings. The lowest BCUT2D eigenvalue weighted by atomic mass is 9.97. The zero-order valence-electron chi connectivity index (χ0n) is 14.4. The fourth-order valence-electron chi connectivity index (χ4n) is 4.03. The Labute approximate surface area is 139 Å². The van der Waals surface area contributed by atoms with E-state index in [-0.39, 0.29) is 0 Å². The fraction of sp³-hybridized carbons (Fsp3) is 0.500. The van der Waals surface area contributed by atoms with E-state index >= 15 is 0 Å². The number of nitrogens with one attached hydrogen (secondary N) is 1. The van der Waals surface area contributed by atoms with E-state index in [1.54, 1.807) is 0 Å². The first kappa shape index (κ1) is 15.0. The molecule has 0 spiro atoms. The number of piperazine rings is 1. The summed E-state index contributed by atoms with van der Waals surface area (Å²) >= 11 is 0.